The van der Waals surface area contributed by atoms with E-state index >= 15 is 0 Å². The van der Waals surface area contributed by atoms with Gasteiger partial charge >= 0.3 is 6.18 Å². The molecule has 0 aliphatic heterocycles. The Morgan fingerprint density at radius 2 is 1.67 bits per heavy atom. The van der Waals surface area contributed by atoms with E-state index in [1.807, 2.05) is 0 Å². The molecule has 5 heteroatoms. The van der Waals surface area contributed by atoms with E-state index in [4.69, 9.17) is 5.73 Å². The number of hydrogen-bond acceptors (Lipinski definition) is 2. The molecule has 0 radical (unpaired) electrons. The Labute approximate surface area is 85.5 Å². The molecule has 2 atom stereocenters. The largest absolute Gasteiger partial charge is 0.408 e. The van der Waals surface area contributed by atoms with E-state index in [2.05, 4.69) is 0 Å². The Morgan fingerprint density at radius 3 is 2.07 bits per heavy atom. The van der Waals surface area contributed by atoms with Crippen molar-refractivity contribution in [2.45, 2.75) is 24.7 Å². The first-order valence-electron chi connectivity index (χ1n) is 4.35. The zero-order chi connectivity index (χ0) is 11.7. The van der Waals surface area contributed by atoms with Crippen LogP contribution in [0.5, 0.6) is 0 Å². The molecule has 0 spiro atoms. The van der Waals surface area contributed by atoms with E-state index in [1.165, 1.54) is 12.1 Å². The predicted molar refractivity (Wildman–Crippen MR) is 50.0 cm³/mol. The molecule has 0 bridgehead atoms. The van der Waals surface area contributed by atoms with Crippen molar-refractivity contribution in [2.24, 2.45) is 5.73 Å². The molecule has 0 fully saturated rings. The average molecular weight is 219 g/mol. The van der Waals surface area contributed by atoms with E-state index in [0.717, 1.165) is 6.92 Å². The van der Waals surface area contributed by atoms with Crippen molar-refractivity contribution in [1.82, 2.24) is 0 Å². The van der Waals surface area contributed by atoms with Crippen molar-refractivity contribution in [3.05, 3.63) is 35.9 Å². The number of benzene rings is 1. The van der Waals surface area contributed by atoms with Gasteiger partial charge in [0, 0.05) is 0 Å². The summed E-state index contributed by atoms with van der Waals surface area (Å²) in [6.45, 7) is 0.769. The van der Waals surface area contributed by atoms with Crippen molar-refractivity contribution in [1.29, 1.82) is 0 Å². The first-order chi connectivity index (χ1) is 6.77. The molecule has 0 aromatic heterocycles. The minimum atomic E-state index is -4.65. The van der Waals surface area contributed by atoms with Crippen LogP contribution in [-0.2, 0) is 0 Å². The Morgan fingerprint density at radius 1 is 1.20 bits per heavy atom. The van der Waals surface area contributed by atoms with Crippen molar-refractivity contribution in [3.63, 3.8) is 0 Å². The minimum absolute atomic E-state index is 0.153. The van der Waals surface area contributed by atoms with Gasteiger partial charge in [-0.2, -0.15) is 13.2 Å². The second kappa shape index (κ2) is 3.83. The first kappa shape index (κ1) is 12.0. The van der Waals surface area contributed by atoms with Crippen molar-refractivity contribution < 1.29 is 18.3 Å². The topological polar surface area (TPSA) is 46.2 Å². The van der Waals surface area contributed by atoms with E-state index in [-0.39, 0.29) is 5.56 Å². The van der Waals surface area contributed by atoms with Gasteiger partial charge in [0.15, 0.2) is 0 Å². The number of nitrogens with two attached hydrogens (primary N) is 1. The summed E-state index contributed by atoms with van der Waals surface area (Å²) < 4.78 is 37.5. The number of hydrogen-bond donors (Lipinski definition) is 2. The van der Waals surface area contributed by atoms with Crippen LogP contribution in [0.15, 0.2) is 30.3 Å². The normalized spacial score (nSPS) is 18.3. The lowest BCUT2D eigenvalue weighted by Gasteiger charge is -2.32. The summed E-state index contributed by atoms with van der Waals surface area (Å²) in [6, 6.07) is 7.55. The fourth-order valence-electron chi connectivity index (χ4n) is 1.14. The third-order valence-electron chi connectivity index (χ3n) is 2.29. The van der Waals surface area contributed by atoms with Crippen LogP contribution in [0.2, 0.25) is 0 Å². The first-order valence-corrected chi connectivity index (χ1v) is 4.35. The van der Waals surface area contributed by atoms with E-state index in [9.17, 15) is 18.3 Å². The second-order valence-electron chi connectivity index (χ2n) is 3.59. The third-order valence-corrected chi connectivity index (χ3v) is 2.29. The molecule has 1 rings (SSSR count). The monoisotopic (exact) mass is 219 g/mol. The lowest BCUT2D eigenvalue weighted by atomic mass is 9.90. The maximum atomic E-state index is 12.5. The van der Waals surface area contributed by atoms with Crippen LogP contribution < -0.4 is 5.73 Å². The van der Waals surface area contributed by atoms with Crippen molar-refractivity contribution in [2.75, 3.05) is 0 Å². The summed E-state index contributed by atoms with van der Waals surface area (Å²) in [4.78, 5) is 0. The fraction of sp³-hybridized carbons (Fsp3) is 0.400. The van der Waals surface area contributed by atoms with Crippen LogP contribution in [0.4, 0.5) is 13.2 Å². The molecule has 0 amide bonds. The van der Waals surface area contributed by atoms with Crippen molar-refractivity contribution in [3.8, 4) is 0 Å². The Bertz CT molecular complexity index is 321. The van der Waals surface area contributed by atoms with Crippen molar-refractivity contribution >= 4 is 0 Å². The quantitative estimate of drug-likeness (QED) is 0.799. The van der Waals surface area contributed by atoms with Gasteiger partial charge in [0.2, 0.25) is 0 Å². The highest BCUT2D eigenvalue weighted by Crippen LogP contribution is 2.37. The SMILES string of the molecule is C[C@](N)([C@@H](O)c1ccccc1)C(F)(F)F. The molecule has 84 valence electrons. The number of alkyl halides is 3. The fourth-order valence-corrected chi connectivity index (χ4v) is 1.14. The number of rotatable bonds is 2. The summed E-state index contributed by atoms with van der Waals surface area (Å²) in [5.41, 5.74) is 2.60. The maximum Gasteiger partial charge on any atom is 0.408 e. The standard InChI is InChI=1S/C10H12F3NO/c1-9(14,10(11,12)13)8(15)7-5-3-2-4-6-7/h2-6,8,15H,14H2,1H3/t8-,9-/m0/s1. The summed E-state index contributed by atoms with van der Waals surface area (Å²) in [6.07, 6.45) is -6.42. The Hall–Kier alpha value is -1.07. The summed E-state index contributed by atoms with van der Waals surface area (Å²) >= 11 is 0. The number of halogens is 3. The summed E-state index contributed by atoms with van der Waals surface area (Å²) in [5.74, 6) is 0. The molecule has 0 unspecified atom stereocenters. The predicted octanol–water partition coefficient (Wildman–Crippen LogP) is 2.00. The molecule has 3 N–H and O–H groups in total. The molecule has 0 aliphatic rings. The lowest BCUT2D eigenvalue weighted by molar-refractivity contribution is -0.207. The molecule has 0 saturated carbocycles. The van der Waals surface area contributed by atoms with Crippen LogP contribution in [0.3, 0.4) is 0 Å². The molecule has 0 heterocycles. The van der Waals surface area contributed by atoms with Crippen LogP contribution in [0.1, 0.15) is 18.6 Å². The van der Waals surface area contributed by atoms with Crippen LogP contribution in [-0.4, -0.2) is 16.8 Å². The van der Waals surface area contributed by atoms with Crippen LogP contribution in [0.25, 0.3) is 0 Å². The highest BCUT2D eigenvalue weighted by molar-refractivity contribution is 5.21. The smallest absolute Gasteiger partial charge is 0.386 e. The van der Waals surface area contributed by atoms with E-state index in [1.54, 1.807) is 18.2 Å². The summed E-state index contributed by atoms with van der Waals surface area (Å²) in [7, 11) is 0. The van der Waals surface area contributed by atoms with Gasteiger partial charge in [-0.3, -0.25) is 0 Å². The van der Waals surface area contributed by atoms with Gasteiger partial charge in [0.25, 0.3) is 0 Å². The minimum Gasteiger partial charge on any atom is -0.386 e. The molecular weight excluding hydrogens is 207 g/mol. The average Bonchev–Trinajstić information content (AvgIpc) is 2.16. The molecule has 1 aromatic carbocycles. The van der Waals surface area contributed by atoms with Gasteiger partial charge in [-0.05, 0) is 12.5 Å². The highest BCUT2D eigenvalue weighted by atomic mass is 19.4. The molecule has 1 aromatic rings. The van der Waals surface area contributed by atoms with Gasteiger partial charge < -0.3 is 10.8 Å². The Kier molecular flexibility index (Phi) is 3.06. The van der Waals surface area contributed by atoms with Gasteiger partial charge in [0.05, 0.1) is 0 Å². The third kappa shape index (κ3) is 2.30. The molecule has 0 saturated heterocycles. The second-order valence-corrected chi connectivity index (χ2v) is 3.59. The zero-order valence-corrected chi connectivity index (χ0v) is 8.12. The van der Waals surface area contributed by atoms with Gasteiger partial charge in [-0.25, -0.2) is 0 Å². The van der Waals surface area contributed by atoms with Gasteiger partial charge in [-0.15, -0.1) is 0 Å². The molecular formula is C10H12F3NO. The van der Waals surface area contributed by atoms with Crippen LogP contribution in [0, 0.1) is 0 Å². The van der Waals surface area contributed by atoms with Gasteiger partial charge in [-0.1, -0.05) is 30.3 Å². The summed E-state index contributed by atoms with van der Waals surface area (Å²) in [5, 5.41) is 9.54. The molecule has 15 heavy (non-hydrogen) atoms. The van der Waals surface area contributed by atoms with Gasteiger partial charge in [0.1, 0.15) is 11.6 Å². The lowest BCUT2D eigenvalue weighted by Crippen LogP contribution is -2.55. The Balaban J connectivity index is 3.00. The van der Waals surface area contributed by atoms with Crippen LogP contribution >= 0.6 is 0 Å². The molecule has 0 aliphatic carbocycles. The zero-order valence-electron chi connectivity index (χ0n) is 8.12. The highest BCUT2D eigenvalue weighted by Gasteiger charge is 2.53. The number of aliphatic hydroxyl groups is 1. The molecule has 2 nitrogen and oxygen atoms in total. The van der Waals surface area contributed by atoms with E-state index in [0.29, 0.717) is 0 Å². The maximum absolute atomic E-state index is 12.5. The van der Waals surface area contributed by atoms with E-state index < -0.39 is 17.8 Å². The number of aliphatic hydroxyl groups excluding tert-OH is 1.